The van der Waals surface area contributed by atoms with Crippen molar-refractivity contribution in [3.05, 3.63) is 23.8 Å². The van der Waals surface area contributed by atoms with Crippen LogP contribution < -0.4 is 9.47 Å². The highest BCUT2D eigenvalue weighted by Crippen LogP contribution is 2.34. The fourth-order valence-corrected chi connectivity index (χ4v) is 4.70. The van der Waals surface area contributed by atoms with E-state index in [1.54, 1.807) is 14.2 Å². The zero-order chi connectivity index (χ0) is 19.2. The van der Waals surface area contributed by atoms with Crippen molar-refractivity contribution in [2.75, 3.05) is 40.4 Å². The molecule has 6 nitrogen and oxygen atoms in total. The summed E-state index contributed by atoms with van der Waals surface area (Å²) in [6, 6.07) is 6.52. The van der Waals surface area contributed by atoms with Crippen LogP contribution in [0.5, 0.6) is 11.5 Å². The third-order valence-corrected chi connectivity index (χ3v) is 6.00. The predicted octanol–water partition coefficient (Wildman–Crippen LogP) is 2.85. The lowest BCUT2D eigenvalue weighted by atomic mass is 9.87. The first kappa shape index (κ1) is 20.0. The van der Waals surface area contributed by atoms with Crippen LogP contribution in [-0.2, 0) is 11.3 Å². The third-order valence-electron chi connectivity index (χ3n) is 6.00. The summed E-state index contributed by atoms with van der Waals surface area (Å²) in [4.78, 5) is 16.2. The van der Waals surface area contributed by atoms with Crippen LogP contribution in [0.2, 0.25) is 0 Å². The molecule has 27 heavy (non-hydrogen) atoms. The second kappa shape index (κ2) is 9.42. The standard InChI is InChI=1S/C21H32N2O4/c1-26-19-7-5-6-17(21(19)27-2)15-22-13-10-18(23-11-3-4-12-23)16(14-22)8-9-20(24)25/h5-7,16,18H,3-4,8-15H2,1-2H3,(H,24,25)/t16-,18+/m1/s1. The van der Waals surface area contributed by atoms with Crippen LogP contribution in [0.1, 0.15) is 37.7 Å². The number of carboxylic acids is 1. The van der Waals surface area contributed by atoms with Crippen molar-refractivity contribution >= 4 is 5.97 Å². The Morgan fingerprint density at radius 1 is 1.19 bits per heavy atom. The molecular weight excluding hydrogens is 344 g/mol. The predicted molar refractivity (Wildman–Crippen MR) is 104 cm³/mol. The van der Waals surface area contributed by atoms with Gasteiger partial charge in [-0.1, -0.05) is 12.1 Å². The molecule has 0 aliphatic carbocycles. The summed E-state index contributed by atoms with van der Waals surface area (Å²) in [5.74, 6) is 1.26. The molecule has 2 saturated heterocycles. The number of benzene rings is 1. The largest absolute Gasteiger partial charge is 0.493 e. The molecule has 0 amide bonds. The highest BCUT2D eigenvalue weighted by Gasteiger charge is 2.34. The molecule has 3 rings (SSSR count). The van der Waals surface area contributed by atoms with E-state index in [0.29, 0.717) is 12.0 Å². The Bertz CT molecular complexity index is 631. The average Bonchev–Trinajstić information content (AvgIpc) is 3.20. The second-order valence-electron chi connectivity index (χ2n) is 7.68. The Labute approximate surface area is 162 Å². The molecule has 1 aromatic carbocycles. The normalized spacial score (nSPS) is 24.1. The van der Waals surface area contributed by atoms with Crippen LogP contribution in [0.25, 0.3) is 0 Å². The number of hydrogen-bond acceptors (Lipinski definition) is 5. The van der Waals surface area contributed by atoms with Gasteiger partial charge in [0.05, 0.1) is 14.2 Å². The highest BCUT2D eigenvalue weighted by atomic mass is 16.5. The Hall–Kier alpha value is -1.79. The summed E-state index contributed by atoms with van der Waals surface area (Å²) in [6.45, 7) is 5.10. The number of nitrogens with zero attached hydrogens (tertiary/aromatic N) is 2. The van der Waals surface area contributed by atoms with Crippen molar-refractivity contribution in [1.82, 2.24) is 9.80 Å². The van der Waals surface area contributed by atoms with Gasteiger partial charge in [-0.2, -0.15) is 0 Å². The summed E-state index contributed by atoms with van der Waals surface area (Å²) in [5.41, 5.74) is 1.12. The maximum Gasteiger partial charge on any atom is 0.303 e. The van der Waals surface area contributed by atoms with Crippen LogP contribution in [0, 0.1) is 5.92 Å². The van der Waals surface area contributed by atoms with Gasteiger partial charge >= 0.3 is 5.97 Å². The van der Waals surface area contributed by atoms with Crippen molar-refractivity contribution in [2.45, 2.75) is 44.7 Å². The number of carboxylic acid groups (broad SMARTS) is 1. The number of aliphatic carboxylic acids is 1. The van der Waals surface area contributed by atoms with Crippen LogP contribution in [0.15, 0.2) is 18.2 Å². The minimum absolute atomic E-state index is 0.255. The van der Waals surface area contributed by atoms with E-state index in [9.17, 15) is 4.79 Å². The molecule has 150 valence electrons. The van der Waals surface area contributed by atoms with Gasteiger partial charge in [0.25, 0.3) is 0 Å². The number of rotatable bonds is 8. The molecule has 1 N–H and O–H groups in total. The zero-order valence-electron chi connectivity index (χ0n) is 16.5. The van der Waals surface area contributed by atoms with Crippen LogP contribution in [-0.4, -0.2) is 67.3 Å². The van der Waals surface area contributed by atoms with E-state index in [2.05, 4.69) is 15.9 Å². The van der Waals surface area contributed by atoms with Gasteiger partial charge in [-0.15, -0.1) is 0 Å². The summed E-state index contributed by atoms with van der Waals surface area (Å²) < 4.78 is 11.0. The Balaban J connectivity index is 1.69. The van der Waals surface area contributed by atoms with Gasteiger partial charge in [-0.05, 0) is 57.3 Å². The maximum atomic E-state index is 11.1. The number of carbonyl (C=O) groups is 1. The molecule has 0 bridgehead atoms. The molecule has 1 aromatic rings. The average molecular weight is 376 g/mol. The van der Waals surface area contributed by atoms with Crippen molar-refractivity contribution < 1.29 is 19.4 Å². The van der Waals surface area contributed by atoms with E-state index in [1.807, 2.05) is 12.1 Å². The molecule has 2 aliphatic rings. The van der Waals surface area contributed by atoms with Gasteiger partial charge in [0.2, 0.25) is 0 Å². The highest BCUT2D eigenvalue weighted by molar-refractivity contribution is 5.66. The molecule has 0 aromatic heterocycles. The first-order valence-corrected chi connectivity index (χ1v) is 10.0. The van der Waals surface area contributed by atoms with Gasteiger partial charge in [0.15, 0.2) is 11.5 Å². The monoisotopic (exact) mass is 376 g/mol. The van der Waals surface area contributed by atoms with Crippen molar-refractivity contribution in [2.24, 2.45) is 5.92 Å². The molecule has 0 unspecified atom stereocenters. The Morgan fingerprint density at radius 2 is 1.96 bits per heavy atom. The summed E-state index contributed by atoms with van der Waals surface area (Å²) in [6.07, 6.45) is 4.66. The lowest BCUT2D eigenvalue weighted by Crippen LogP contribution is -2.50. The van der Waals surface area contributed by atoms with Crippen molar-refractivity contribution in [1.29, 1.82) is 0 Å². The molecule has 2 heterocycles. The van der Waals surface area contributed by atoms with Gasteiger partial charge in [0.1, 0.15) is 0 Å². The van der Waals surface area contributed by atoms with E-state index >= 15 is 0 Å². The second-order valence-corrected chi connectivity index (χ2v) is 7.68. The molecular formula is C21H32N2O4. The quantitative estimate of drug-likeness (QED) is 0.753. The number of para-hydroxylation sites is 1. The number of methoxy groups -OCH3 is 2. The number of hydrogen-bond donors (Lipinski definition) is 1. The number of piperidine rings is 1. The molecule has 0 saturated carbocycles. The first-order valence-electron chi connectivity index (χ1n) is 10.0. The van der Waals surface area contributed by atoms with E-state index in [-0.39, 0.29) is 6.42 Å². The van der Waals surface area contributed by atoms with Crippen LogP contribution >= 0.6 is 0 Å². The SMILES string of the molecule is COc1cccc(CN2CC[C@H](N3CCCC3)[C@H](CCC(=O)O)C2)c1OC. The fourth-order valence-electron chi connectivity index (χ4n) is 4.70. The van der Waals surface area contributed by atoms with Crippen LogP contribution in [0.4, 0.5) is 0 Å². The topological polar surface area (TPSA) is 62.2 Å². The number of ether oxygens (including phenoxy) is 2. The summed E-state index contributed by atoms with van der Waals surface area (Å²) in [5, 5.41) is 9.17. The molecule has 0 radical (unpaired) electrons. The molecule has 2 aliphatic heterocycles. The summed E-state index contributed by atoms with van der Waals surface area (Å²) >= 11 is 0. The molecule has 0 spiro atoms. The molecule has 2 fully saturated rings. The Morgan fingerprint density at radius 3 is 2.63 bits per heavy atom. The van der Waals surface area contributed by atoms with Gasteiger partial charge in [-0.3, -0.25) is 9.69 Å². The van der Waals surface area contributed by atoms with E-state index in [1.165, 1.54) is 12.8 Å². The van der Waals surface area contributed by atoms with Gasteiger partial charge < -0.3 is 19.5 Å². The minimum atomic E-state index is -0.693. The van der Waals surface area contributed by atoms with E-state index in [4.69, 9.17) is 14.6 Å². The third kappa shape index (κ3) is 4.93. The zero-order valence-corrected chi connectivity index (χ0v) is 16.5. The Kier molecular flexibility index (Phi) is 6.96. The lowest BCUT2D eigenvalue weighted by molar-refractivity contribution is -0.137. The molecule has 6 heteroatoms. The number of likely N-dealkylation sites (tertiary alicyclic amines) is 2. The molecule has 2 atom stereocenters. The van der Waals surface area contributed by atoms with Gasteiger partial charge in [-0.25, -0.2) is 0 Å². The van der Waals surface area contributed by atoms with Crippen LogP contribution in [0.3, 0.4) is 0 Å². The van der Waals surface area contributed by atoms with E-state index in [0.717, 1.165) is 62.6 Å². The van der Waals surface area contributed by atoms with Crippen molar-refractivity contribution in [3.63, 3.8) is 0 Å². The lowest BCUT2D eigenvalue weighted by Gasteiger charge is -2.43. The summed E-state index contributed by atoms with van der Waals surface area (Å²) in [7, 11) is 3.34. The smallest absolute Gasteiger partial charge is 0.303 e. The van der Waals surface area contributed by atoms with Gasteiger partial charge in [0, 0.05) is 31.1 Å². The first-order chi connectivity index (χ1) is 13.1. The minimum Gasteiger partial charge on any atom is -0.493 e. The van der Waals surface area contributed by atoms with Crippen molar-refractivity contribution in [3.8, 4) is 11.5 Å². The van der Waals surface area contributed by atoms with E-state index < -0.39 is 5.97 Å². The maximum absolute atomic E-state index is 11.1. The fraction of sp³-hybridized carbons (Fsp3) is 0.667.